The van der Waals surface area contributed by atoms with Gasteiger partial charge in [0.15, 0.2) is 5.78 Å². The molecule has 0 N–H and O–H groups in total. The molecule has 0 spiro atoms. The van der Waals surface area contributed by atoms with E-state index in [-0.39, 0.29) is 35.5 Å². The fraction of sp³-hybridized carbons (Fsp3) is 0.280. The summed E-state index contributed by atoms with van der Waals surface area (Å²) in [6, 6.07) is 9.47. The summed E-state index contributed by atoms with van der Waals surface area (Å²) in [6.45, 7) is -3.50. The Hall–Kier alpha value is -3.38. The first-order valence-electron chi connectivity index (χ1n) is 11.2. The third kappa shape index (κ3) is 6.13. The molecule has 1 saturated heterocycles. The lowest BCUT2D eigenvalue weighted by Crippen LogP contribution is -2.40. The van der Waals surface area contributed by atoms with Gasteiger partial charge in [0.25, 0.3) is 0 Å². The van der Waals surface area contributed by atoms with E-state index in [1.165, 1.54) is 30.3 Å². The van der Waals surface area contributed by atoms with Crippen molar-refractivity contribution >= 4 is 15.8 Å². The predicted octanol–water partition coefficient (Wildman–Crippen LogP) is 4.93. The first-order chi connectivity index (χ1) is 17.5. The highest BCUT2D eigenvalue weighted by molar-refractivity contribution is 7.89. The van der Waals surface area contributed by atoms with Crippen LogP contribution in [0.15, 0.2) is 65.7 Å². The van der Waals surface area contributed by atoms with Crippen LogP contribution in [0.4, 0.5) is 22.0 Å². The van der Waals surface area contributed by atoms with Crippen LogP contribution in [0.5, 0.6) is 5.75 Å². The lowest BCUT2D eigenvalue weighted by molar-refractivity contribution is -0.122. The molecule has 6 nitrogen and oxygen atoms in total. The highest BCUT2D eigenvalue weighted by Crippen LogP contribution is 2.30. The number of benzene rings is 2. The molecule has 0 saturated carbocycles. The Morgan fingerprint density at radius 1 is 1.08 bits per heavy atom. The van der Waals surface area contributed by atoms with Gasteiger partial charge in [-0.3, -0.25) is 9.78 Å². The van der Waals surface area contributed by atoms with Crippen LogP contribution in [-0.2, 0) is 21.2 Å². The van der Waals surface area contributed by atoms with Gasteiger partial charge >= 0.3 is 6.61 Å². The van der Waals surface area contributed by atoms with Crippen molar-refractivity contribution in [2.24, 2.45) is 0 Å². The summed E-state index contributed by atoms with van der Waals surface area (Å²) in [7, 11) is -4.24. The summed E-state index contributed by atoms with van der Waals surface area (Å²) in [5, 5.41) is 0. The molecule has 2 atom stereocenters. The average molecular weight is 541 g/mol. The van der Waals surface area contributed by atoms with Crippen molar-refractivity contribution < 1.29 is 39.9 Å². The van der Waals surface area contributed by atoms with Gasteiger partial charge in [-0.25, -0.2) is 21.6 Å². The number of rotatable bonds is 9. The van der Waals surface area contributed by atoms with Gasteiger partial charge in [-0.2, -0.15) is 13.1 Å². The number of alkyl halides is 3. The maximum absolute atomic E-state index is 14.4. The maximum atomic E-state index is 14.4. The van der Waals surface area contributed by atoms with E-state index >= 15 is 0 Å². The molecule has 0 amide bonds. The standard InChI is InChI=1S/C25H21F5N2O4S/c26-16-3-8-20(9-4-16)37(34,35)32-14-17(27)11-23(32)24(33)10-5-18-12-21(22(28)13-31-18)15-1-6-19(7-2-15)36-25(29)30/h1-4,6-9,12-13,17,23,25H,5,10-11,14H2/t17-,23+/m1/s1. The Morgan fingerprint density at radius 3 is 2.41 bits per heavy atom. The predicted molar refractivity (Wildman–Crippen MR) is 123 cm³/mol. The van der Waals surface area contributed by atoms with Crippen molar-refractivity contribution in [3.63, 3.8) is 0 Å². The van der Waals surface area contributed by atoms with Crippen LogP contribution < -0.4 is 4.74 Å². The molecule has 1 aliphatic heterocycles. The van der Waals surface area contributed by atoms with E-state index in [0.717, 1.165) is 34.8 Å². The number of aromatic nitrogens is 1. The van der Waals surface area contributed by atoms with Gasteiger partial charge in [0.05, 0.1) is 17.1 Å². The van der Waals surface area contributed by atoms with E-state index in [0.29, 0.717) is 11.3 Å². The number of sulfonamides is 1. The first kappa shape index (κ1) is 26.7. The van der Waals surface area contributed by atoms with Gasteiger partial charge in [-0.1, -0.05) is 12.1 Å². The summed E-state index contributed by atoms with van der Waals surface area (Å²) in [6.07, 6.45) is -1.06. The Kier molecular flexibility index (Phi) is 7.88. The Morgan fingerprint density at radius 2 is 1.76 bits per heavy atom. The summed E-state index contributed by atoms with van der Waals surface area (Å²) in [5.41, 5.74) is 0.799. The number of halogens is 5. The fourth-order valence-corrected chi connectivity index (χ4v) is 5.78. The number of Topliss-reactive ketones (excluding diaryl/α,β-unsaturated/α-hetero) is 1. The molecule has 12 heteroatoms. The molecule has 3 aromatic rings. The highest BCUT2D eigenvalue weighted by atomic mass is 32.2. The van der Waals surface area contributed by atoms with Crippen molar-refractivity contribution in [3.05, 3.63) is 78.1 Å². The van der Waals surface area contributed by atoms with E-state index in [2.05, 4.69) is 9.72 Å². The molecule has 0 aliphatic carbocycles. The van der Waals surface area contributed by atoms with Gasteiger partial charge in [-0.05, 0) is 54.4 Å². The number of aryl methyl sites for hydroxylation is 1. The smallest absolute Gasteiger partial charge is 0.387 e. The third-order valence-electron chi connectivity index (χ3n) is 5.93. The molecule has 1 fully saturated rings. The number of carbonyl (C=O) groups is 1. The Balaban J connectivity index is 1.48. The van der Waals surface area contributed by atoms with Crippen molar-refractivity contribution in [3.8, 4) is 16.9 Å². The van der Waals surface area contributed by atoms with Gasteiger partial charge in [0.2, 0.25) is 10.0 Å². The van der Waals surface area contributed by atoms with Crippen LogP contribution in [0.25, 0.3) is 11.1 Å². The first-order valence-corrected chi connectivity index (χ1v) is 12.6. The quantitative estimate of drug-likeness (QED) is 0.360. The number of ketones is 1. The molecule has 1 aliphatic rings. The molecule has 0 unspecified atom stereocenters. The second-order valence-electron chi connectivity index (χ2n) is 8.40. The van der Waals surface area contributed by atoms with Gasteiger partial charge in [0, 0.05) is 30.6 Å². The second-order valence-corrected chi connectivity index (χ2v) is 10.3. The van der Waals surface area contributed by atoms with E-state index in [4.69, 9.17) is 0 Å². The van der Waals surface area contributed by atoms with E-state index in [1.807, 2.05) is 0 Å². The summed E-state index contributed by atoms with van der Waals surface area (Å²) in [4.78, 5) is 16.7. The largest absolute Gasteiger partial charge is 0.435 e. The molecule has 0 bridgehead atoms. The Labute approximate surface area is 209 Å². The average Bonchev–Trinajstić information content (AvgIpc) is 3.26. The Bertz CT molecular complexity index is 1370. The van der Waals surface area contributed by atoms with Gasteiger partial charge < -0.3 is 4.74 Å². The minimum atomic E-state index is -4.24. The van der Waals surface area contributed by atoms with Crippen LogP contribution in [0.1, 0.15) is 18.5 Å². The fourth-order valence-electron chi connectivity index (χ4n) is 4.13. The number of pyridine rings is 1. The molecular weight excluding hydrogens is 519 g/mol. The molecule has 196 valence electrons. The SMILES string of the molecule is O=C(CCc1cc(-c2ccc(OC(F)F)cc2)c(F)cn1)[C@@H]1C[C@@H](F)CN1S(=O)(=O)c1ccc(F)cc1. The van der Waals surface area contributed by atoms with Crippen LogP contribution in [-0.4, -0.2) is 48.9 Å². The summed E-state index contributed by atoms with van der Waals surface area (Å²) < 4.78 is 97.6. The zero-order valence-corrected chi connectivity index (χ0v) is 20.0. The van der Waals surface area contributed by atoms with Crippen molar-refractivity contribution in [2.45, 2.75) is 43.0 Å². The second kappa shape index (κ2) is 10.9. The number of hydrogen-bond donors (Lipinski definition) is 0. The van der Waals surface area contributed by atoms with E-state index in [1.54, 1.807) is 0 Å². The number of nitrogens with zero attached hydrogens (tertiary/aromatic N) is 2. The molecule has 1 aromatic heterocycles. The number of hydrogen-bond acceptors (Lipinski definition) is 5. The lowest BCUT2D eigenvalue weighted by atomic mass is 10.0. The van der Waals surface area contributed by atoms with Gasteiger partial charge in [0.1, 0.15) is 23.6 Å². The van der Waals surface area contributed by atoms with Gasteiger partial charge in [-0.15, -0.1) is 0 Å². The molecule has 4 rings (SSSR count). The summed E-state index contributed by atoms with van der Waals surface area (Å²) in [5.74, 6) is -1.95. The van der Waals surface area contributed by atoms with E-state index < -0.39 is 52.8 Å². The molecule has 0 radical (unpaired) electrons. The van der Waals surface area contributed by atoms with Crippen LogP contribution in [0, 0.1) is 11.6 Å². The lowest BCUT2D eigenvalue weighted by Gasteiger charge is -2.22. The molecule has 2 heterocycles. The number of carbonyl (C=O) groups excluding carboxylic acids is 1. The normalized spacial score (nSPS) is 18.3. The highest BCUT2D eigenvalue weighted by Gasteiger charge is 2.43. The minimum Gasteiger partial charge on any atom is -0.435 e. The maximum Gasteiger partial charge on any atom is 0.387 e. The molecule has 2 aromatic carbocycles. The van der Waals surface area contributed by atoms with Crippen molar-refractivity contribution in [2.75, 3.05) is 6.54 Å². The minimum absolute atomic E-state index is 0.0244. The van der Waals surface area contributed by atoms with Crippen molar-refractivity contribution in [1.82, 2.24) is 9.29 Å². The monoisotopic (exact) mass is 540 g/mol. The summed E-state index contributed by atoms with van der Waals surface area (Å²) >= 11 is 0. The van der Waals surface area contributed by atoms with Crippen LogP contribution in [0.3, 0.4) is 0 Å². The third-order valence-corrected chi connectivity index (χ3v) is 7.82. The van der Waals surface area contributed by atoms with E-state index in [9.17, 15) is 35.2 Å². The molecular formula is C25H21F5N2O4S. The zero-order valence-electron chi connectivity index (χ0n) is 19.2. The van der Waals surface area contributed by atoms with Crippen LogP contribution >= 0.6 is 0 Å². The zero-order chi connectivity index (χ0) is 26.7. The molecule has 37 heavy (non-hydrogen) atoms. The van der Waals surface area contributed by atoms with Crippen molar-refractivity contribution in [1.29, 1.82) is 0 Å². The van der Waals surface area contributed by atoms with Crippen LogP contribution in [0.2, 0.25) is 0 Å². The topological polar surface area (TPSA) is 76.6 Å². The number of ether oxygens (including phenoxy) is 1.